The Hall–Kier alpha value is -2.40. The van der Waals surface area contributed by atoms with Crippen molar-refractivity contribution >= 4 is 9.84 Å². The van der Waals surface area contributed by atoms with Crippen molar-refractivity contribution in [3.05, 3.63) is 77.7 Å². The van der Waals surface area contributed by atoms with Crippen LogP contribution in [0.5, 0.6) is 0 Å². The Morgan fingerprint density at radius 1 is 0.923 bits per heavy atom. The van der Waals surface area contributed by atoms with Gasteiger partial charge in [-0.05, 0) is 28.7 Å². The first-order chi connectivity index (χ1) is 12.2. The van der Waals surface area contributed by atoms with E-state index in [0.717, 1.165) is 11.1 Å². The highest BCUT2D eigenvalue weighted by Gasteiger charge is 2.18. The summed E-state index contributed by atoms with van der Waals surface area (Å²) in [5.41, 5.74) is 3.27. The van der Waals surface area contributed by atoms with Gasteiger partial charge in [-0.15, -0.1) is 0 Å². The topological polar surface area (TPSA) is 60.2 Å². The Morgan fingerprint density at radius 3 is 2.19 bits per heavy atom. The molecule has 4 nitrogen and oxygen atoms in total. The maximum atomic E-state index is 12.5. The Morgan fingerprint density at radius 2 is 1.58 bits per heavy atom. The molecule has 0 amide bonds. The monoisotopic (exact) mass is 369 g/mol. The SMILES string of the molecule is CC(C)(C)c1ccc(CS(=O)(=O)Cc2coc(-c3ccccc3)n2)cc1. The largest absolute Gasteiger partial charge is 0.444 e. The van der Waals surface area contributed by atoms with Crippen LogP contribution >= 0.6 is 0 Å². The summed E-state index contributed by atoms with van der Waals surface area (Å²) in [5, 5.41) is 0. The molecule has 0 spiro atoms. The van der Waals surface area contributed by atoms with Gasteiger partial charge in [0.15, 0.2) is 9.84 Å². The molecule has 0 radical (unpaired) electrons. The Kier molecular flexibility index (Phi) is 5.01. The first-order valence-electron chi connectivity index (χ1n) is 8.53. The maximum Gasteiger partial charge on any atom is 0.226 e. The lowest BCUT2D eigenvalue weighted by atomic mass is 9.87. The van der Waals surface area contributed by atoms with Gasteiger partial charge in [0.05, 0.1) is 17.2 Å². The molecule has 0 atom stereocenters. The summed E-state index contributed by atoms with van der Waals surface area (Å²) < 4.78 is 30.5. The molecule has 3 aromatic rings. The van der Waals surface area contributed by atoms with E-state index in [9.17, 15) is 8.42 Å². The van der Waals surface area contributed by atoms with Gasteiger partial charge in [-0.3, -0.25) is 0 Å². The van der Waals surface area contributed by atoms with E-state index in [0.29, 0.717) is 11.6 Å². The first kappa shape index (κ1) is 18.4. The third-order valence-electron chi connectivity index (χ3n) is 4.15. The normalized spacial score (nSPS) is 12.3. The van der Waals surface area contributed by atoms with Gasteiger partial charge < -0.3 is 4.42 Å². The quantitative estimate of drug-likeness (QED) is 0.651. The molecular weight excluding hydrogens is 346 g/mol. The fraction of sp³-hybridized carbons (Fsp3) is 0.286. The zero-order valence-electron chi connectivity index (χ0n) is 15.3. The van der Waals surface area contributed by atoms with Crippen molar-refractivity contribution in [2.75, 3.05) is 0 Å². The van der Waals surface area contributed by atoms with Crippen LogP contribution in [-0.4, -0.2) is 13.4 Å². The maximum absolute atomic E-state index is 12.5. The van der Waals surface area contributed by atoms with Crippen LogP contribution in [0.25, 0.3) is 11.5 Å². The van der Waals surface area contributed by atoms with E-state index in [-0.39, 0.29) is 16.9 Å². The van der Waals surface area contributed by atoms with Gasteiger partial charge in [0.2, 0.25) is 5.89 Å². The van der Waals surface area contributed by atoms with Crippen LogP contribution in [0.2, 0.25) is 0 Å². The Bertz CT molecular complexity index is 966. The molecule has 0 aliphatic heterocycles. The average Bonchev–Trinajstić information content (AvgIpc) is 3.02. The number of aromatic nitrogens is 1. The van der Waals surface area contributed by atoms with Gasteiger partial charge >= 0.3 is 0 Å². The third-order valence-corrected chi connectivity index (χ3v) is 5.66. The van der Waals surface area contributed by atoms with Gasteiger partial charge in [0, 0.05) is 5.56 Å². The summed E-state index contributed by atoms with van der Waals surface area (Å²) in [6.07, 6.45) is 1.42. The van der Waals surface area contributed by atoms with Crippen LogP contribution in [0.4, 0.5) is 0 Å². The van der Waals surface area contributed by atoms with E-state index in [1.165, 1.54) is 11.8 Å². The molecule has 3 rings (SSSR count). The van der Waals surface area contributed by atoms with E-state index >= 15 is 0 Å². The Labute approximate surface area is 154 Å². The summed E-state index contributed by atoms with van der Waals surface area (Å²) in [6.45, 7) is 6.40. The molecule has 5 heteroatoms. The third kappa shape index (κ3) is 4.61. The minimum Gasteiger partial charge on any atom is -0.444 e. The number of benzene rings is 2. The minimum atomic E-state index is -3.33. The van der Waals surface area contributed by atoms with Gasteiger partial charge in [-0.25, -0.2) is 13.4 Å². The highest BCUT2D eigenvalue weighted by Crippen LogP contribution is 2.23. The molecule has 0 saturated heterocycles. The zero-order valence-corrected chi connectivity index (χ0v) is 16.1. The number of hydrogen-bond donors (Lipinski definition) is 0. The molecule has 26 heavy (non-hydrogen) atoms. The fourth-order valence-corrected chi connectivity index (χ4v) is 4.10. The van der Waals surface area contributed by atoms with Crippen LogP contribution in [-0.2, 0) is 26.8 Å². The zero-order chi connectivity index (χ0) is 18.8. The molecule has 0 aliphatic rings. The van der Waals surface area contributed by atoms with Crippen LogP contribution in [0, 0.1) is 0 Å². The van der Waals surface area contributed by atoms with Crippen molar-refractivity contribution in [3.63, 3.8) is 0 Å². The van der Waals surface area contributed by atoms with Gasteiger partial charge in [-0.2, -0.15) is 0 Å². The lowest BCUT2D eigenvalue weighted by Crippen LogP contribution is -2.11. The average molecular weight is 369 g/mol. The number of rotatable bonds is 5. The fourth-order valence-electron chi connectivity index (χ4n) is 2.72. The van der Waals surface area contributed by atoms with E-state index in [4.69, 9.17) is 4.42 Å². The summed E-state index contributed by atoms with van der Waals surface area (Å²) in [4.78, 5) is 4.31. The van der Waals surface area contributed by atoms with Gasteiger partial charge in [0.1, 0.15) is 6.26 Å². The minimum absolute atomic E-state index is 0.00898. The van der Waals surface area contributed by atoms with Crippen LogP contribution < -0.4 is 0 Å². The standard InChI is InChI=1S/C21H23NO3S/c1-21(2,3)18-11-9-16(10-12-18)14-26(23,24)15-19-13-25-20(22-19)17-7-5-4-6-8-17/h4-13H,14-15H2,1-3H3. The number of nitrogens with zero attached hydrogens (tertiary/aromatic N) is 1. The lowest BCUT2D eigenvalue weighted by Gasteiger charge is -2.19. The summed E-state index contributed by atoms with van der Waals surface area (Å²) in [5.74, 6) is 0.292. The number of hydrogen-bond acceptors (Lipinski definition) is 4. The second-order valence-electron chi connectivity index (χ2n) is 7.49. The first-order valence-corrected chi connectivity index (χ1v) is 10.3. The van der Waals surface area contributed by atoms with Crippen LogP contribution in [0.1, 0.15) is 37.6 Å². The molecule has 0 saturated carbocycles. The summed E-state index contributed by atoms with van der Waals surface area (Å²) >= 11 is 0. The molecular formula is C21H23NO3S. The second kappa shape index (κ2) is 7.08. The molecule has 0 bridgehead atoms. The summed E-state index contributed by atoms with van der Waals surface area (Å²) in [6, 6.07) is 17.2. The predicted molar refractivity (Wildman–Crippen MR) is 103 cm³/mol. The lowest BCUT2D eigenvalue weighted by molar-refractivity contribution is 0.571. The van der Waals surface area contributed by atoms with Crippen LogP contribution in [0.3, 0.4) is 0 Å². The van der Waals surface area contributed by atoms with Crippen molar-refractivity contribution in [1.82, 2.24) is 4.98 Å². The smallest absolute Gasteiger partial charge is 0.226 e. The molecule has 2 aromatic carbocycles. The van der Waals surface area contributed by atoms with Crippen molar-refractivity contribution in [2.45, 2.75) is 37.7 Å². The molecule has 1 aromatic heterocycles. The van der Waals surface area contributed by atoms with Gasteiger partial charge in [0.25, 0.3) is 0 Å². The molecule has 136 valence electrons. The van der Waals surface area contributed by atoms with Crippen molar-refractivity contribution in [2.24, 2.45) is 0 Å². The van der Waals surface area contributed by atoms with E-state index in [1.54, 1.807) is 0 Å². The predicted octanol–water partition coefficient (Wildman–Crippen LogP) is 4.75. The van der Waals surface area contributed by atoms with Crippen molar-refractivity contribution < 1.29 is 12.8 Å². The summed E-state index contributed by atoms with van der Waals surface area (Å²) in [7, 11) is -3.33. The van der Waals surface area contributed by atoms with Crippen molar-refractivity contribution in [3.8, 4) is 11.5 Å². The molecule has 0 N–H and O–H groups in total. The van der Waals surface area contributed by atoms with E-state index in [2.05, 4.69) is 25.8 Å². The molecule has 1 heterocycles. The Balaban J connectivity index is 1.71. The van der Waals surface area contributed by atoms with E-state index < -0.39 is 9.84 Å². The molecule has 0 unspecified atom stereocenters. The van der Waals surface area contributed by atoms with Gasteiger partial charge in [-0.1, -0.05) is 63.2 Å². The molecule has 0 aliphatic carbocycles. The van der Waals surface area contributed by atoms with E-state index in [1.807, 2.05) is 54.6 Å². The second-order valence-corrected chi connectivity index (χ2v) is 9.55. The molecule has 0 fully saturated rings. The van der Waals surface area contributed by atoms with Crippen molar-refractivity contribution in [1.29, 1.82) is 0 Å². The highest BCUT2D eigenvalue weighted by molar-refractivity contribution is 7.89. The number of sulfone groups is 1. The van der Waals surface area contributed by atoms with Crippen LogP contribution in [0.15, 0.2) is 65.3 Å². The highest BCUT2D eigenvalue weighted by atomic mass is 32.2. The number of oxazole rings is 1.